The Hall–Kier alpha value is -0.140. The van der Waals surface area contributed by atoms with E-state index in [4.69, 9.17) is 0 Å². The van der Waals surface area contributed by atoms with Crippen molar-refractivity contribution in [1.82, 2.24) is 0 Å². The zero-order valence-corrected chi connectivity index (χ0v) is 13.6. The first-order chi connectivity index (χ1) is 9.84. The van der Waals surface area contributed by atoms with Gasteiger partial charge in [-0.05, 0) is 79.4 Å². The van der Waals surface area contributed by atoms with E-state index in [0.717, 1.165) is 30.6 Å². The summed E-state index contributed by atoms with van der Waals surface area (Å²) in [6.07, 6.45) is 10.3. The smallest absolute Gasteiger partial charge is 0.207 e. The Morgan fingerprint density at radius 3 is 2.43 bits per heavy atom. The molecule has 0 amide bonds. The van der Waals surface area contributed by atoms with Crippen molar-refractivity contribution in [3.05, 3.63) is 0 Å². The van der Waals surface area contributed by atoms with Crippen LogP contribution >= 0.6 is 0 Å². The molecule has 4 rings (SSSR count). The highest BCUT2D eigenvalue weighted by atomic mass is 19.3. The van der Waals surface area contributed by atoms with Gasteiger partial charge in [-0.25, -0.2) is 8.78 Å². The first kappa shape index (κ1) is 14.5. The normalized spacial score (nSPS) is 55.4. The number of halogens is 2. The molecule has 0 nitrogen and oxygen atoms in total. The van der Waals surface area contributed by atoms with Crippen LogP contribution in [-0.4, -0.2) is 5.92 Å². The zero-order chi connectivity index (χ0) is 14.9. The number of fused-ring (bicyclic) bond motifs is 5. The number of hydrogen-bond acceptors (Lipinski definition) is 0. The van der Waals surface area contributed by atoms with Gasteiger partial charge in [0.1, 0.15) is 0 Å². The van der Waals surface area contributed by atoms with Crippen LogP contribution in [0.4, 0.5) is 8.78 Å². The third-order valence-corrected chi connectivity index (χ3v) is 8.42. The molecule has 4 aliphatic rings. The topological polar surface area (TPSA) is 0 Å². The molecular weight excluding hydrogens is 266 g/mol. The maximum absolute atomic E-state index is 13.8. The summed E-state index contributed by atoms with van der Waals surface area (Å²) in [5, 5.41) is 0. The monoisotopic (exact) mass is 296 g/mol. The third kappa shape index (κ3) is 2.03. The Labute approximate surface area is 128 Å². The van der Waals surface area contributed by atoms with Gasteiger partial charge in [-0.1, -0.05) is 20.3 Å². The van der Waals surface area contributed by atoms with Gasteiger partial charge in [0.05, 0.1) is 0 Å². The standard InChI is InChI=1S/C19H30F2/c1-17-8-3-4-15(17)14-6-5-13-12-19(20,21)11-10-18(13,2)16(14)7-9-17/h13-16H,3-12H2,1-2H3/t13-,14-,15?,16?,17-,18-/m0/s1. The minimum absolute atomic E-state index is 0.144. The number of rotatable bonds is 0. The molecule has 0 heterocycles. The lowest BCUT2D eigenvalue weighted by molar-refractivity contribution is -0.160. The van der Waals surface area contributed by atoms with Crippen molar-refractivity contribution in [3.63, 3.8) is 0 Å². The van der Waals surface area contributed by atoms with E-state index in [-0.39, 0.29) is 24.2 Å². The first-order valence-corrected chi connectivity index (χ1v) is 9.22. The SMILES string of the molecule is C[C@@]12CCCC1[C@@H]1CC[C@H]3CC(F)(F)CC[C@]3(C)C1CC2. The maximum Gasteiger partial charge on any atom is 0.248 e. The molecule has 0 aromatic carbocycles. The molecule has 0 N–H and O–H groups in total. The second-order valence-corrected chi connectivity index (χ2v) is 9.30. The highest BCUT2D eigenvalue weighted by Crippen LogP contribution is 2.67. The lowest BCUT2D eigenvalue weighted by atomic mass is 9.45. The molecule has 4 aliphatic carbocycles. The molecule has 4 fully saturated rings. The van der Waals surface area contributed by atoms with Gasteiger partial charge in [-0.2, -0.15) is 0 Å². The van der Waals surface area contributed by atoms with E-state index in [1.807, 2.05) is 0 Å². The fraction of sp³-hybridized carbons (Fsp3) is 1.00. The van der Waals surface area contributed by atoms with Gasteiger partial charge in [0.25, 0.3) is 0 Å². The third-order valence-electron chi connectivity index (χ3n) is 8.42. The number of hydrogen-bond donors (Lipinski definition) is 0. The van der Waals surface area contributed by atoms with E-state index in [2.05, 4.69) is 13.8 Å². The maximum atomic E-state index is 13.8. The van der Waals surface area contributed by atoms with Crippen molar-refractivity contribution in [3.8, 4) is 0 Å². The largest absolute Gasteiger partial charge is 0.248 e. The molecule has 120 valence electrons. The molecule has 21 heavy (non-hydrogen) atoms. The van der Waals surface area contributed by atoms with Crippen molar-refractivity contribution in [1.29, 1.82) is 0 Å². The van der Waals surface area contributed by atoms with E-state index in [9.17, 15) is 8.78 Å². The van der Waals surface area contributed by atoms with Crippen molar-refractivity contribution >= 4 is 0 Å². The van der Waals surface area contributed by atoms with Gasteiger partial charge in [-0.3, -0.25) is 0 Å². The van der Waals surface area contributed by atoms with E-state index in [1.54, 1.807) is 0 Å². The highest BCUT2D eigenvalue weighted by Gasteiger charge is 2.59. The van der Waals surface area contributed by atoms with Crippen LogP contribution in [0.15, 0.2) is 0 Å². The minimum atomic E-state index is -2.38. The van der Waals surface area contributed by atoms with E-state index < -0.39 is 5.92 Å². The van der Waals surface area contributed by atoms with Crippen molar-refractivity contribution < 1.29 is 8.78 Å². The van der Waals surface area contributed by atoms with Crippen LogP contribution in [0.5, 0.6) is 0 Å². The molecule has 0 spiro atoms. The Morgan fingerprint density at radius 1 is 0.810 bits per heavy atom. The summed E-state index contributed by atoms with van der Waals surface area (Å²) in [5.41, 5.74) is 0.803. The molecule has 0 bridgehead atoms. The Bertz CT molecular complexity index is 431. The van der Waals surface area contributed by atoms with Crippen LogP contribution in [0.25, 0.3) is 0 Å². The van der Waals surface area contributed by atoms with Crippen LogP contribution in [-0.2, 0) is 0 Å². The van der Waals surface area contributed by atoms with Gasteiger partial charge in [0, 0.05) is 12.8 Å². The minimum Gasteiger partial charge on any atom is -0.207 e. The molecule has 4 saturated carbocycles. The molecule has 0 saturated heterocycles. The molecule has 0 aromatic rings. The molecule has 2 heteroatoms. The first-order valence-electron chi connectivity index (χ1n) is 9.22. The Balaban J connectivity index is 1.62. The van der Waals surface area contributed by atoms with Crippen molar-refractivity contribution in [2.45, 2.75) is 84.0 Å². The van der Waals surface area contributed by atoms with Crippen molar-refractivity contribution in [2.75, 3.05) is 0 Å². The van der Waals surface area contributed by atoms with Crippen LogP contribution in [0.1, 0.15) is 78.1 Å². The summed E-state index contributed by atoms with van der Waals surface area (Å²) < 4.78 is 27.7. The summed E-state index contributed by atoms with van der Waals surface area (Å²) in [6.45, 7) is 4.89. The predicted molar refractivity (Wildman–Crippen MR) is 81.3 cm³/mol. The Kier molecular flexibility index (Phi) is 3.06. The zero-order valence-electron chi connectivity index (χ0n) is 13.6. The van der Waals surface area contributed by atoms with Crippen molar-refractivity contribution in [2.24, 2.45) is 34.5 Å². The average Bonchev–Trinajstić information content (AvgIpc) is 2.81. The van der Waals surface area contributed by atoms with Crippen LogP contribution in [0.3, 0.4) is 0 Å². The van der Waals surface area contributed by atoms with Gasteiger partial charge >= 0.3 is 0 Å². The Morgan fingerprint density at radius 2 is 1.62 bits per heavy atom. The molecular formula is C19H30F2. The second-order valence-electron chi connectivity index (χ2n) is 9.30. The summed E-state index contributed by atoms with van der Waals surface area (Å²) in [6, 6.07) is 0. The molecule has 0 aliphatic heterocycles. The number of alkyl halides is 2. The fourth-order valence-corrected chi connectivity index (χ4v) is 7.17. The lowest BCUT2D eigenvalue weighted by Crippen LogP contribution is -2.54. The lowest BCUT2D eigenvalue weighted by Gasteiger charge is -2.60. The highest BCUT2D eigenvalue weighted by molar-refractivity contribution is 5.08. The van der Waals surface area contributed by atoms with Gasteiger partial charge in [0.2, 0.25) is 5.92 Å². The van der Waals surface area contributed by atoms with Crippen LogP contribution in [0.2, 0.25) is 0 Å². The predicted octanol–water partition coefficient (Wildman–Crippen LogP) is 6.05. The summed E-state index contributed by atoms with van der Waals surface area (Å²) in [4.78, 5) is 0. The molecule has 2 unspecified atom stereocenters. The van der Waals surface area contributed by atoms with Gasteiger partial charge < -0.3 is 0 Å². The second kappa shape index (κ2) is 4.45. The van der Waals surface area contributed by atoms with Crippen LogP contribution in [0, 0.1) is 34.5 Å². The molecule has 6 atom stereocenters. The van der Waals surface area contributed by atoms with Gasteiger partial charge in [-0.15, -0.1) is 0 Å². The fourth-order valence-electron chi connectivity index (χ4n) is 7.17. The van der Waals surface area contributed by atoms with E-state index in [0.29, 0.717) is 5.41 Å². The van der Waals surface area contributed by atoms with E-state index >= 15 is 0 Å². The van der Waals surface area contributed by atoms with Crippen LogP contribution < -0.4 is 0 Å². The summed E-state index contributed by atoms with van der Waals surface area (Å²) in [7, 11) is 0. The molecule has 0 radical (unpaired) electrons. The van der Waals surface area contributed by atoms with Gasteiger partial charge in [0.15, 0.2) is 0 Å². The molecule has 0 aromatic heterocycles. The average molecular weight is 296 g/mol. The summed E-state index contributed by atoms with van der Waals surface area (Å²) >= 11 is 0. The van der Waals surface area contributed by atoms with E-state index in [1.165, 1.54) is 38.5 Å². The summed E-state index contributed by atoms with van der Waals surface area (Å²) in [5.74, 6) is 0.389. The quantitative estimate of drug-likeness (QED) is 0.510.